The van der Waals surface area contributed by atoms with E-state index in [1.807, 2.05) is 12.1 Å². The van der Waals surface area contributed by atoms with Crippen molar-refractivity contribution in [3.8, 4) is 0 Å². The van der Waals surface area contributed by atoms with Gasteiger partial charge in [0.05, 0.1) is 5.92 Å². The van der Waals surface area contributed by atoms with Crippen LogP contribution in [0.3, 0.4) is 0 Å². The fourth-order valence-corrected chi connectivity index (χ4v) is 4.85. The average molecular weight is 405 g/mol. The number of aromatic nitrogens is 4. The predicted octanol–water partition coefficient (Wildman–Crippen LogP) is 3.63. The minimum Gasteiger partial charge on any atom is -0.354 e. The molecule has 0 bridgehead atoms. The van der Waals surface area contributed by atoms with E-state index in [-0.39, 0.29) is 11.8 Å². The van der Waals surface area contributed by atoms with Crippen molar-refractivity contribution in [1.29, 1.82) is 0 Å². The van der Waals surface area contributed by atoms with Gasteiger partial charge in [0, 0.05) is 31.7 Å². The number of carbonyl (C=O) groups is 1. The van der Waals surface area contributed by atoms with Gasteiger partial charge in [-0.2, -0.15) is 0 Å². The molecule has 1 unspecified atom stereocenters. The van der Waals surface area contributed by atoms with Crippen molar-refractivity contribution in [2.75, 3.05) is 23.3 Å². The van der Waals surface area contributed by atoms with Crippen LogP contribution < -0.4 is 10.2 Å². The average Bonchev–Trinajstić information content (AvgIpc) is 3.12. The van der Waals surface area contributed by atoms with Crippen LogP contribution in [0.25, 0.3) is 11.2 Å². The topological polar surface area (TPSA) is 75.9 Å². The highest BCUT2D eigenvalue weighted by molar-refractivity contribution is 5.93. The summed E-state index contributed by atoms with van der Waals surface area (Å²) in [6.45, 7) is 6.63. The van der Waals surface area contributed by atoms with E-state index in [0.717, 1.165) is 72.0 Å². The van der Waals surface area contributed by atoms with Gasteiger partial charge in [0.2, 0.25) is 5.91 Å². The highest BCUT2D eigenvalue weighted by Crippen LogP contribution is 2.30. The van der Waals surface area contributed by atoms with E-state index in [1.54, 1.807) is 6.33 Å². The summed E-state index contributed by atoms with van der Waals surface area (Å²) in [6.07, 6.45) is 6.83. The normalized spacial score (nSPS) is 19.0. The standard InChI is InChI=1S/C23H28N6O/c1-15-10-16(2)12-18(11-15)26-23(30)17-6-5-8-28(13-17)21-20-22(25-14-24-21)29-9-4-3-7-19(29)27-20/h10-12,14,17H,3-9,13H2,1-2H3,(H,26,30). The van der Waals surface area contributed by atoms with Gasteiger partial charge in [-0.3, -0.25) is 4.79 Å². The van der Waals surface area contributed by atoms with Gasteiger partial charge in [-0.05, 0) is 62.8 Å². The first-order valence-corrected chi connectivity index (χ1v) is 10.9. The third-order valence-electron chi connectivity index (χ3n) is 6.20. The maximum Gasteiger partial charge on any atom is 0.229 e. The van der Waals surface area contributed by atoms with Gasteiger partial charge < -0.3 is 14.8 Å². The number of nitrogens with one attached hydrogen (secondary N) is 1. The third-order valence-corrected chi connectivity index (χ3v) is 6.20. The Labute approximate surface area is 176 Å². The second kappa shape index (κ2) is 7.70. The quantitative estimate of drug-likeness (QED) is 0.721. The van der Waals surface area contributed by atoms with E-state index in [4.69, 9.17) is 4.98 Å². The summed E-state index contributed by atoms with van der Waals surface area (Å²) in [4.78, 5) is 29.2. The highest BCUT2D eigenvalue weighted by atomic mass is 16.1. The van der Waals surface area contributed by atoms with Gasteiger partial charge in [0.1, 0.15) is 12.2 Å². The van der Waals surface area contributed by atoms with E-state index in [2.05, 4.69) is 44.7 Å². The number of anilines is 2. The minimum absolute atomic E-state index is 0.0678. The first-order chi connectivity index (χ1) is 14.6. The van der Waals surface area contributed by atoms with Gasteiger partial charge in [-0.15, -0.1) is 0 Å². The number of fused-ring (bicyclic) bond motifs is 3. The monoisotopic (exact) mass is 404 g/mol. The second-order valence-electron chi connectivity index (χ2n) is 8.66. The van der Waals surface area contributed by atoms with Gasteiger partial charge >= 0.3 is 0 Å². The number of rotatable bonds is 3. The van der Waals surface area contributed by atoms with Gasteiger partial charge in [-0.25, -0.2) is 15.0 Å². The Hall–Kier alpha value is -2.96. The molecular formula is C23H28N6O. The molecule has 1 saturated heterocycles. The van der Waals surface area contributed by atoms with Crippen LogP contribution in [-0.4, -0.2) is 38.5 Å². The zero-order valence-corrected chi connectivity index (χ0v) is 17.7. The molecule has 7 nitrogen and oxygen atoms in total. The summed E-state index contributed by atoms with van der Waals surface area (Å²) in [6, 6.07) is 6.16. The highest BCUT2D eigenvalue weighted by Gasteiger charge is 2.29. The van der Waals surface area contributed by atoms with Crippen molar-refractivity contribution >= 4 is 28.6 Å². The van der Waals surface area contributed by atoms with Crippen molar-refractivity contribution in [3.05, 3.63) is 41.5 Å². The third kappa shape index (κ3) is 3.53. The lowest BCUT2D eigenvalue weighted by molar-refractivity contribution is -0.120. The summed E-state index contributed by atoms with van der Waals surface area (Å²) in [5.74, 6) is 1.99. The van der Waals surface area contributed by atoms with Gasteiger partial charge in [-0.1, -0.05) is 6.07 Å². The maximum absolute atomic E-state index is 13.0. The smallest absolute Gasteiger partial charge is 0.229 e. The lowest BCUT2D eigenvalue weighted by Gasteiger charge is -2.32. The molecular weight excluding hydrogens is 376 g/mol. The van der Waals surface area contributed by atoms with Crippen molar-refractivity contribution in [2.45, 2.75) is 52.5 Å². The molecule has 156 valence electrons. The minimum atomic E-state index is -0.0678. The Morgan fingerprint density at radius 1 is 1.07 bits per heavy atom. The number of hydrogen-bond acceptors (Lipinski definition) is 5. The molecule has 2 aliphatic heterocycles. The summed E-state index contributed by atoms with van der Waals surface area (Å²) in [7, 11) is 0. The molecule has 30 heavy (non-hydrogen) atoms. The Bertz CT molecular complexity index is 1080. The fraction of sp³-hybridized carbons (Fsp3) is 0.478. The van der Waals surface area contributed by atoms with E-state index < -0.39 is 0 Å². The van der Waals surface area contributed by atoms with Gasteiger partial charge in [0.15, 0.2) is 17.0 Å². The van der Waals surface area contributed by atoms with E-state index in [9.17, 15) is 4.79 Å². The summed E-state index contributed by atoms with van der Waals surface area (Å²) < 4.78 is 2.23. The molecule has 2 aromatic heterocycles. The van der Waals surface area contributed by atoms with E-state index in [0.29, 0.717) is 6.54 Å². The number of aryl methyl sites for hydroxylation is 4. The Morgan fingerprint density at radius 3 is 2.73 bits per heavy atom. The number of piperidine rings is 1. The lowest BCUT2D eigenvalue weighted by atomic mass is 9.96. The summed E-state index contributed by atoms with van der Waals surface area (Å²) in [5.41, 5.74) is 4.99. The van der Waals surface area contributed by atoms with Crippen LogP contribution in [0.2, 0.25) is 0 Å². The Morgan fingerprint density at radius 2 is 1.90 bits per heavy atom. The van der Waals surface area contributed by atoms with Crippen LogP contribution in [0.1, 0.15) is 42.6 Å². The van der Waals surface area contributed by atoms with Crippen molar-refractivity contribution in [1.82, 2.24) is 19.5 Å². The second-order valence-corrected chi connectivity index (χ2v) is 8.66. The Balaban J connectivity index is 1.38. The number of amides is 1. The first kappa shape index (κ1) is 19.0. The van der Waals surface area contributed by atoms with Crippen LogP contribution in [0.5, 0.6) is 0 Å². The largest absolute Gasteiger partial charge is 0.354 e. The number of imidazole rings is 1. The molecule has 0 aliphatic carbocycles. The molecule has 5 rings (SSSR count). The zero-order chi connectivity index (χ0) is 20.7. The van der Waals surface area contributed by atoms with Crippen LogP contribution in [0.4, 0.5) is 11.5 Å². The van der Waals surface area contributed by atoms with Gasteiger partial charge in [0.25, 0.3) is 0 Å². The van der Waals surface area contributed by atoms with Crippen LogP contribution in [0, 0.1) is 19.8 Å². The van der Waals surface area contributed by atoms with Crippen molar-refractivity contribution in [3.63, 3.8) is 0 Å². The SMILES string of the molecule is Cc1cc(C)cc(NC(=O)C2CCCN(c3ncnc4c3nc3n4CCCC3)C2)c1. The van der Waals surface area contributed by atoms with Crippen molar-refractivity contribution in [2.24, 2.45) is 5.92 Å². The van der Waals surface area contributed by atoms with E-state index >= 15 is 0 Å². The lowest BCUT2D eigenvalue weighted by Crippen LogP contribution is -2.41. The molecule has 4 heterocycles. The molecule has 0 saturated carbocycles. The number of hydrogen-bond donors (Lipinski definition) is 1. The van der Waals surface area contributed by atoms with Crippen LogP contribution >= 0.6 is 0 Å². The molecule has 0 spiro atoms. The molecule has 7 heteroatoms. The Kier molecular flexibility index (Phi) is 4.89. The van der Waals surface area contributed by atoms with E-state index in [1.165, 1.54) is 12.8 Å². The predicted molar refractivity (Wildman–Crippen MR) is 118 cm³/mol. The number of carbonyl (C=O) groups excluding carboxylic acids is 1. The maximum atomic E-state index is 13.0. The number of benzene rings is 1. The summed E-state index contributed by atoms with van der Waals surface area (Å²) >= 11 is 0. The molecule has 1 aromatic carbocycles. The zero-order valence-electron chi connectivity index (χ0n) is 17.7. The molecule has 1 fully saturated rings. The van der Waals surface area contributed by atoms with Crippen LogP contribution in [0.15, 0.2) is 24.5 Å². The molecule has 2 aliphatic rings. The summed E-state index contributed by atoms with van der Waals surface area (Å²) in [5, 5.41) is 3.12. The first-order valence-electron chi connectivity index (χ1n) is 10.9. The van der Waals surface area contributed by atoms with Crippen molar-refractivity contribution < 1.29 is 4.79 Å². The molecule has 1 atom stereocenters. The van der Waals surface area contributed by atoms with Crippen LogP contribution in [-0.2, 0) is 17.8 Å². The number of nitrogens with zero attached hydrogens (tertiary/aromatic N) is 5. The fourth-order valence-electron chi connectivity index (χ4n) is 4.85. The molecule has 3 aromatic rings. The molecule has 1 amide bonds. The molecule has 1 N–H and O–H groups in total. The molecule has 0 radical (unpaired) electrons.